The van der Waals surface area contributed by atoms with Gasteiger partial charge in [0, 0.05) is 37.2 Å². The Labute approximate surface area is 297 Å². The molecule has 0 saturated carbocycles. The molecule has 0 amide bonds. The number of hydrogen-bond donors (Lipinski definition) is 0. The molecule has 1 heterocycles. The fraction of sp³-hybridized carbons (Fsp3) is 0. The van der Waals surface area contributed by atoms with Crippen LogP contribution in [0.25, 0.3) is 64.7 Å². The zero-order valence-corrected chi connectivity index (χ0v) is 28.2. The highest BCUT2D eigenvalue weighted by atomic mass is 32.1. The largest absolute Gasteiger partial charge is 0.311 e. The van der Waals surface area contributed by atoms with Crippen LogP contribution in [0.3, 0.4) is 0 Å². The van der Waals surface area contributed by atoms with Gasteiger partial charge >= 0.3 is 0 Å². The molecular formula is C48H33NS. The molecule has 9 aromatic rings. The van der Waals surface area contributed by atoms with Crippen LogP contribution in [0.4, 0.5) is 17.1 Å². The molecule has 1 nitrogen and oxygen atoms in total. The minimum absolute atomic E-state index is 1.11. The second kappa shape index (κ2) is 13.0. The molecule has 236 valence electrons. The quantitative estimate of drug-likeness (QED) is 0.165. The first-order chi connectivity index (χ1) is 24.8. The monoisotopic (exact) mass is 655 g/mol. The number of anilines is 3. The first kappa shape index (κ1) is 29.9. The molecule has 0 unspecified atom stereocenters. The SMILES string of the molecule is c1ccc(-c2ccc(N(c3ccc(-c4ccccc4)cc3)c3ccc(-c4cccc5c4sc4c(-c6ccccc6)cccc45)cc3)cc2)cc1. The fourth-order valence-electron chi connectivity index (χ4n) is 7.00. The molecule has 0 aliphatic carbocycles. The lowest BCUT2D eigenvalue weighted by atomic mass is 10.00. The van der Waals surface area contributed by atoms with Gasteiger partial charge in [-0.15, -0.1) is 11.3 Å². The lowest BCUT2D eigenvalue weighted by Crippen LogP contribution is -2.09. The lowest BCUT2D eigenvalue weighted by molar-refractivity contribution is 1.28. The minimum Gasteiger partial charge on any atom is -0.311 e. The molecule has 0 aliphatic rings. The Morgan fingerprint density at radius 3 is 0.980 bits per heavy atom. The maximum absolute atomic E-state index is 2.35. The molecule has 0 bridgehead atoms. The smallest absolute Gasteiger partial charge is 0.0462 e. The summed E-state index contributed by atoms with van der Waals surface area (Å²) in [5.74, 6) is 0. The van der Waals surface area contributed by atoms with Gasteiger partial charge in [0.05, 0.1) is 0 Å². The van der Waals surface area contributed by atoms with Crippen molar-refractivity contribution in [3.63, 3.8) is 0 Å². The van der Waals surface area contributed by atoms with E-state index in [1.54, 1.807) is 0 Å². The van der Waals surface area contributed by atoms with Crippen molar-refractivity contribution in [2.75, 3.05) is 4.90 Å². The number of fused-ring (bicyclic) bond motifs is 3. The van der Waals surface area contributed by atoms with Crippen molar-refractivity contribution in [1.29, 1.82) is 0 Å². The zero-order chi connectivity index (χ0) is 33.3. The average Bonchev–Trinajstić information content (AvgIpc) is 3.59. The highest BCUT2D eigenvalue weighted by molar-refractivity contribution is 7.26. The van der Waals surface area contributed by atoms with E-state index in [2.05, 4.69) is 205 Å². The Morgan fingerprint density at radius 1 is 0.260 bits per heavy atom. The van der Waals surface area contributed by atoms with Crippen LogP contribution in [0.2, 0.25) is 0 Å². The van der Waals surface area contributed by atoms with Gasteiger partial charge in [-0.05, 0) is 80.9 Å². The van der Waals surface area contributed by atoms with Crippen LogP contribution < -0.4 is 4.90 Å². The zero-order valence-electron chi connectivity index (χ0n) is 27.4. The molecule has 0 fully saturated rings. The van der Waals surface area contributed by atoms with Crippen molar-refractivity contribution in [2.24, 2.45) is 0 Å². The Hall–Kier alpha value is -6.22. The summed E-state index contributed by atoms with van der Waals surface area (Å²) in [6, 6.07) is 72.1. The summed E-state index contributed by atoms with van der Waals surface area (Å²) in [5, 5.41) is 2.62. The van der Waals surface area contributed by atoms with E-state index in [0.29, 0.717) is 0 Å². The van der Waals surface area contributed by atoms with Crippen molar-refractivity contribution >= 4 is 48.6 Å². The van der Waals surface area contributed by atoms with Gasteiger partial charge in [-0.1, -0.05) is 164 Å². The lowest BCUT2D eigenvalue weighted by Gasteiger charge is -2.26. The van der Waals surface area contributed by atoms with Crippen LogP contribution in [0.15, 0.2) is 200 Å². The first-order valence-electron chi connectivity index (χ1n) is 17.0. The minimum atomic E-state index is 1.11. The van der Waals surface area contributed by atoms with E-state index in [-0.39, 0.29) is 0 Å². The molecule has 2 heteroatoms. The summed E-state index contributed by atoms with van der Waals surface area (Å²) in [4.78, 5) is 2.35. The number of hydrogen-bond acceptors (Lipinski definition) is 2. The van der Waals surface area contributed by atoms with Gasteiger partial charge in [0.1, 0.15) is 0 Å². The summed E-state index contributed by atoms with van der Waals surface area (Å²) in [6.07, 6.45) is 0. The molecule has 9 rings (SSSR count). The number of nitrogens with zero attached hydrogens (tertiary/aromatic N) is 1. The summed E-state index contributed by atoms with van der Waals surface area (Å²) in [5.41, 5.74) is 13.2. The molecule has 8 aromatic carbocycles. The molecule has 0 aliphatic heterocycles. The molecule has 0 radical (unpaired) electrons. The normalized spacial score (nSPS) is 11.2. The van der Waals surface area contributed by atoms with Crippen molar-refractivity contribution in [3.05, 3.63) is 200 Å². The Bertz CT molecular complexity index is 2450. The van der Waals surface area contributed by atoms with Crippen LogP contribution in [-0.2, 0) is 0 Å². The van der Waals surface area contributed by atoms with Crippen molar-refractivity contribution in [3.8, 4) is 44.5 Å². The van der Waals surface area contributed by atoms with E-state index in [1.165, 1.54) is 64.7 Å². The van der Waals surface area contributed by atoms with Crippen LogP contribution in [-0.4, -0.2) is 0 Å². The second-order valence-electron chi connectivity index (χ2n) is 12.5. The van der Waals surface area contributed by atoms with E-state index in [1.807, 2.05) is 11.3 Å². The van der Waals surface area contributed by atoms with Gasteiger partial charge in [0.2, 0.25) is 0 Å². The molecule has 1 aromatic heterocycles. The number of rotatable bonds is 7. The van der Waals surface area contributed by atoms with Crippen molar-refractivity contribution in [1.82, 2.24) is 0 Å². The Kier molecular flexibility index (Phi) is 7.77. The summed E-state index contributed by atoms with van der Waals surface area (Å²) in [6.45, 7) is 0. The number of benzene rings is 8. The molecular weight excluding hydrogens is 623 g/mol. The van der Waals surface area contributed by atoms with Gasteiger partial charge < -0.3 is 4.90 Å². The molecule has 0 N–H and O–H groups in total. The third-order valence-corrected chi connectivity index (χ3v) is 10.8. The third kappa shape index (κ3) is 5.56. The molecule has 0 atom stereocenters. The summed E-state index contributed by atoms with van der Waals surface area (Å²) in [7, 11) is 0. The maximum Gasteiger partial charge on any atom is 0.0462 e. The average molecular weight is 656 g/mol. The molecule has 50 heavy (non-hydrogen) atoms. The standard InChI is InChI=1S/C48H33NS/c1-4-12-34(13-5-1)36-22-28-40(29-23-36)49(41-30-24-37(25-31-41)35-14-6-2-7-15-35)42-32-26-39(27-33-42)44-19-11-21-46-45-20-10-18-43(47(45)50-48(44)46)38-16-8-3-9-17-38/h1-33H. The Balaban J connectivity index is 1.11. The van der Waals surface area contributed by atoms with E-state index in [9.17, 15) is 0 Å². The van der Waals surface area contributed by atoms with Crippen LogP contribution in [0, 0.1) is 0 Å². The van der Waals surface area contributed by atoms with Crippen LogP contribution >= 0.6 is 11.3 Å². The highest BCUT2D eigenvalue weighted by Gasteiger charge is 2.16. The topological polar surface area (TPSA) is 3.24 Å². The summed E-state index contributed by atoms with van der Waals surface area (Å²) < 4.78 is 2.66. The predicted molar refractivity (Wildman–Crippen MR) is 216 cm³/mol. The van der Waals surface area contributed by atoms with Gasteiger partial charge in [0.15, 0.2) is 0 Å². The van der Waals surface area contributed by atoms with Gasteiger partial charge in [0.25, 0.3) is 0 Å². The van der Waals surface area contributed by atoms with Gasteiger partial charge in [-0.25, -0.2) is 0 Å². The van der Waals surface area contributed by atoms with Crippen molar-refractivity contribution in [2.45, 2.75) is 0 Å². The maximum atomic E-state index is 2.35. The van der Waals surface area contributed by atoms with Crippen molar-refractivity contribution < 1.29 is 0 Å². The second-order valence-corrected chi connectivity index (χ2v) is 13.6. The van der Waals surface area contributed by atoms with Crippen LogP contribution in [0.5, 0.6) is 0 Å². The number of thiophene rings is 1. The predicted octanol–water partition coefficient (Wildman–Crippen LogP) is 14.2. The van der Waals surface area contributed by atoms with E-state index in [4.69, 9.17) is 0 Å². The van der Waals surface area contributed by atoms with E-state index in [0.717, 1.165) is 17.1 Å². The first-order valence-corrected chi connectivity index (χ1v) is 17.8. The summed E-state index contributed by atoms with van der Waals surface area (Å²) >= 11 is 1.90. The highest BCUT2D eigenvalue weighted by Crippen LogP contribution is 2.44. The van der Waals surface area contributed by atoms with Crippen LogP contribution in [0.1, 0.15) is 0 Å². The van der Waals surface area contributed by atoms with E-state index < -0.39 is 0 Å². The molecule has 0 saturated heterocycles. The third-order valence-electron chi connectivity index (χ3n) is 9.51. The fourth-order valence-corrected chi connectivity index (χ4v) is 8.37. The van der Waals surface area contributed by atoms with Gasteiger partial charge in [-0.2, -0.15) is 0 Å². The Morgan fingerprint density at radius 2 is 0.580 bits per heavy atom. The van der Waals surface area contributed by atoms with E-state index >= 15 is 0 Å². The van der Waals surface area contributed by atoms with Gasteiger partial charge in [-0.3, -0.25) is 0 Å². The molecule has 0 spiro atoms.